The monoisotopic (exact) mass is 363 g/mol. The second-order valence-corrected chi connectivity index (χ2v) is 5.88. The quantitative estimate of drug-likeness (QED) is 0.752. The average molecular weight is 364 g/mol. The van der Waals surface area contributed by atoms with Crippen molar-refractivity contribution in [3.05, 3.63) is 69.7 Å². The predicted molar refractivity (Wildman–Crippen MR) is 101 cm³/mol. The van der Waals surface area contributed by atoms with E-state index in [0.29, 0.717) is 21.7 Å². The third-order valence-electron chi connectivity index (χ3n) is 3.82. The van der Waals surface area contributed by atoms with E-state index in [4.69, 9.17) is 17.3 Å². The lowest BCUT2D eigenvalue weighted by Gasteiger charge is -2.18. The number of nitrogens with zero attached hydrogens (tertiary/aromatic N) is 2. The van der Waals surface area contributed by atoms with Crippen molar-refractivity contribution in [2.24, 2.45) is 5.73 Å². The van der Waals surface area contributed by atoms with Crippen molar-refractivity contribution in [2.45, 2.75) is 25.8 Å². The number of benzene rings is 2. The van der Waals surface area contributed by atoms with Crippen molar-refractivity contribution < 1.29 is 0 Å². The largest absolute Gasteiger partial charge is 0.321 e. The number of nitrogens with two attached hydrogens (primary N) is 1. The van der Waals surface area contributed by atoms with Crippen LogP contribution < -0.4 is 11.3 Å². The standard InChI is InChI=1S/C18H18ClN3O.ClH/c1-2-7-14(20)17-21-15-11-6-10-13(19)16(15)18(23)22(17)12-8-4-3-5-9-12;/h3-6,8-11,14H,2,7,20H2,1H3;1H/t14-;/m0./s1. The molecule has 0 aliphatic carbocycles. The second kappa shape index (κ2) is 7.79. The van der Waals surface area contributed by atoms with Gasteiger partial charge >= 0.3 is 0 Å². The molecule has 1 heterocycles. The Hall–Kier alpha value is -1.88. The molecule has 0 radical (unpaired) electrons. The Kier molecular flexibility index (Phi) is 5.99. The van der Waals surface area contributed by atoms with Gasteiger partial charge in [0.05, 0.1) is 27.7 Å². The van der Waals surface area contributed by atoms with Crippen LogP contribution in [0.5, 0.6) is 0 Å². The fourth-order valence-corrected chi connectivity index (χ4v) is 2.97. The molecule has 0 bridgehead atoms. The Balaban J connectivity index is 0.00000208. The molecule has 0 fully saturated rings. The molecule has 2 aromatic carbocycles. The Labute approximate surface area is 151 Å². The SMILES string of the molecule is CCC[C@H](N)c1nc2cccc(Cl)c2c(=O)n1-c1ccccc1.Cl. The number of rotatable bonds is 4. The first-order chi connectivity index (χ1) is 11.1. The summed E-state index contributed by atoms with van der Waals surface area (Å²) >= 11 is 6.23. The summed E-state index contributed by atoms with van der Waals surface area (Å²) in [6, 6.07) is 14.4. The van der Waals surface area contributed by atoms with Crippen LogP contribution in [0.4, 0.5) is 0 Å². The smallest absolute Gasteiger partial charge is 0.267 e. The maximum Gasteiger partial charge on any atom is 0.267 e. The van der Waals surface area contributed by atoms with E-state index in [1.54, 1.807) is 22.8 Å². The van der Waals surface area contributed by atoms with Crippen molar-refractivity contribution in [2.75, 3.05) is 0 Å². The Bertz CT molecular complexity index is 894. The minimum Gasteiger partial charge on any atom is -0.321 e. The first kappa shape index (κ1) is 18.5. The number of hydrogen-bond donors (Lipinski definition) is 1. The van der Waals surface area contributed by atoms with Crippen LogP contribution >= 0.6 is 24.0 Å². The van der Waals surface area contributed by atoms with Gasteiger partial charge in [0.2, 0.25) is 0 Å². The molecule has 1 aromatic heterocycles. The van der Waals surface area contributed by atoms with E-state index in [1.807, 2.05) is 30.3 Å². The maximum absolute atomic E-state index is 13.1. The van der Waals surface area contributed by atoms with E-state index < -0.39 is 0 Å². The number of fused-ring (bicyclic) bond motifs is 1. The molecule has 3 rings (SSSR count). The van der Waals surface area contributed by atoms with Crippen molar-refractivity contribution in [1.82, 2.24) is 9.55 Å². The Morgan fingerprint density at radius 3 is 2.54 bits per heavy atom. The van der Waals surface area contributed by atoms with Gasteiger partial charge in [-0.1, -0.05) is 49.2 Å². The number of para-hydroxylation sites is 1. The zero-order chi connectivity index (χ0) is 16.4. The van der Waals surface area contributed by atoms with E-state index in [1.165, 1.54) is 0 Å². The molecule has 126 valence electrons. The normalized spacial score (nSPS) is 12.0. The van der Waals surface area contributed by atoms with Crippen LogP contribution in [0.25, 0.3) is 16.6 Å². The van der Waals surface area contributed by atoms with Gasteiger partial charge in [0.15, 0.2) is 0 Å². The van der Waals surface area contributed by atoms with E-state index in [2.05, 4.69) is 11.9 Å². The van der Waals surface area contributed by atoms with Gasteiger partial charge < -0.3 is 5.73 Å². The van der Waals surface area contributed by atoms with Gasteiger partial charge in [-0.15, -0.1) is 12.4 Å². The fraction of sp³-hybridized carbons (Fsp3) is 0.222. The zero-order valence-corrected chi connectivity index (χ0v) is 14.8. The molecule has 6 heteroatoms. The van der Waals surface area contributed by atoms with E-state index in [-0.39, 0.29) is 24.0 Å². The Morgan fingerprint density at radius 1 is 1.17 bits per heavy atom. The van der Waals surface area contributed by atoms with Crippen LogP contribution in [-0.2, 0) is 0 Å². The summed E-state index contributed by atoms with van der Waals surface area (Å²) in [5, 5.41) is 0.825. The summed E-state index contributed by atoms with van der Waals surface area (Å²) in [6.07, 6.45) is 1.67. The molecule has 0 aliphatic rings. The second-order valence-electron chi connectivity index (χ2n) is 5.48. The molecule has 0 unspecified atom stereocenters. The third kappa shape index (κ3) is 3.31. The fourth-order valence-electron chi connectivity index (χ4n) is 2.72. The minimum atomic E-state index is -0.309. The lowest BCUT2D eigenvalue weighted by atomic mass is 10.1. The summed E-state index contributed by atoms with van der Waals surface area (Å²) in [7, 11) is 0. The van der Waals surface area contributed by atoms with Gasteiger partial charge in [-0.05, 0) is 30.7 Å². The van der Waals surface area contributed by atoms with Gasteiger partial charge in [0.25, 0.3) is 5.56 Å². The molecule has 0 amide bonds. The predicted octanol–water partition coefficient (Wildman–Crippen LogP) is 4.26. The summed E-state index contributed by atoms with van der Waals surface area (Å²) in [4.78, 5) is 17.7. The van der Waals surface area contributed by atoms with Crippen LogP contribution in [0, 0.1) is 0 Å². The molecule has 0 saturated heterocycles. The summed E-state index contributed by atoms with van der Waals surface area (Å²) in [5.74, 6) is 0.567. The van der Waals surface area contributed by atoms with Crippen molar-refractivity contribution >= 4 is 34.9 Å². The first-order valence-corrected chi connectivity index (χ1v) is 8.03. The highest BCUT2D eigenvalue weighted by Gasteiger charge is 2.18. The zero-order valence-electron chi connectivity index (χ0n) is 13.3. The minimum absolute atomic E-state index is 0. The highest BCUT2D eigenvalue weighted by Crippen LogP contribution is 2.23. The molecule has 4 nitrogen and oxygen atoms in total. The molecule has 0 saturated carbocycles. The summed E-state index contributed by atoms with van der Waals surface area (Å²) in [5.41, 5.74) is 7.42. The molecule has 2 N–H and O–H groups in total. The molecule has 0 aliphatic heterocycles. The van der Waals surface area contributed by atoms with Gasteiger partial charge in [-0.25, -0.2) is 4.98 Å². The Morgan fingerprint density at radius 2 is 1.88 bits per heavy atom. The number of hydrogen-bond acceptors (Lipinski definition) is 3. The van der Waals surface area contributed by atoms with Crippen LogP contribution in [0.1, 0.15) is 31.6 Å². The van der Waals surface area contributed by atoms with Crippen molar-refractivity contribution in [1.29, 1.82) is 0 Å². The molecular formula is C18H19Cl2N3O. The third-order valence-corrected chi connectivity index (χ3v) is 4.13. The van der Waals surface area contributed by atoms with Crippen LogP contribution in [0.2, 0.25) is 5.02 Å². The molecule has 0 spiro atoms. The van der Waals surface area contributed by atoms with Gasteiger partial charge in [-0.2, -0.15) is 0 Å². The molecule has 24 heavy (non-hydrogen) atoms. The van der Waals surface area contributed by atoms with E-state index in [0.717, 1.165) is 18.5 Å². The molecule has 1 atom stereocenters. The van der Waals surface area contributed by atoms with Crippen molar-refractivity contribution in [3.63, 3.8) is 0 Å². The number of aromatic nitrogens is 2. The van der Waals surface area contributed by atoms with Gasteiger partial charge in [0, 0.05) is 0 Å². The first-order valence-electron chi connectivity index (χ1n) is 7.65. The van der Waals surface area contributed by atoms with Gasteiger partial charge in [0.1, 0.15) is 5.82 Å². The van der Waals surface area contributed by atoms with Crippen LogP contribution in [-0.4, -0.2) is 9.55 Å². The van der Waals surface area contributed by atoms with Crippen LogP contribution in [0.3, 0.4) is 0 Å². The highest BCUT2D eigenvalue weighted by molar-refractivity contribution is 6.35. The lowest BCUT2D eigenvalue weighted by Crippen LogP contribution is -2.28. The van der Waals surface area contributed by atoms with Gasteiger partial charge in [-0.3, -0.25) is 9.36 Å². The molecule has 3 aromatic rings. The highest BCUT2D eigenvalue weighted by atomic mass is 35.5. The van der Waals surface area contributed by atoms with Crippen LogP contribution in [0.15, 0.2) is 53.3 Å². The van der Waals surface area contributed by atoms with E-state index in [9.17, 15) is 4.79 Å². The maximum atomic E-state index is 13.1. The van der Waals surface area contributed by atoms with Crippen molar-refractivity contribution in [3.8, 4) is 5.69 Å². The topological polar surface area (TPSA) is 60.9 Å². The number of halogens is 2. The average Bonchev–Trinajstić information content (AvgIpc) is 2.55. The summed E-state index contributed by atoms with van der Waals surface area (Å²) < 4.78 is 1.58. The summed E-state index contributed by atoms with van der Waals surface area (Å²) in [6.45, 7) is 2.06. The lowest BCUT2D eigenvalue weighted by molar-refractivity contribution is 0.583. The van der Waals surface area contributed by atoms with E-state index >= 15 is 0 Å². The molecular weight excluding hydrogens is 345 g/mol.